The average Bonchev–Trinajstić information content (AvgIpc) is 2.36. The van der Waals surface area contributed by atoms with Gasteiger partial charge >= 0.3 is 5.97 Å². The number of aliphatic carboxylic acids is 1. The van der Waals surface area contributed by atoms with Gasteiger partial charge < -0.3 is 5.11 Å². The molecule has 1 aromatic carbocycles. The van der Waals surface area contributed by atoms with E-state index in [-0.39, 0.29) is 18.3 Å². The number of carboxylic acids is 1. The molecule has 0 atom stereocenters. The Morgan fingerprint density at radius 3 is 2.41 bits per heavy atom. The van der Waals surface area contributed by atoms with Gasteiger partial charge in [0.05, 0.1) is 15.8 Å². The Morgan fingerprint density at radius 2 is 1.91 bits per heavy atom. The molecule has 1 aromatic rings. The summed E-state index contributed by atoms with van der Waals surface area (Å²) in [5.41, 5.74) is 0.915. The molecule has 0 amide bonds. The van der Waals surface area contributed by atoms with Crippen LogP contribution in [-0.2, 0) is 21.2 Å². The molecule has 0 bridgehead atoms. The number of carboxylic acid groups (broad SMARTS) is 1. The normalized spacial score (nSPS) is 12.1. The van der Waals surface area contributed by atoms with Crippen molar-refractivity contribution in [1.82, 2.24) is 4.90 Å². The number of hydrogen-bond acceptors (Lipinski definition) is 4. The Morgan fingerprint density at radius 1 is 1.27 bits per heavy atom. The van der Waals surface area contributed by atoms with Gasteiger partial charge in [-0.1, -0.05) is 29.3 Å². The van der Waals surface area contributed by atoms with E-state index in [1.807, 2.05) is 24.8 Å². The van der Waals surface area contributed by atoms with E-state index in [1.54, 1.807) is 12.1 Å². The maximum Gasteiger partial charge on any atom is 0.318 e. The second-order valence-corrected chi connectivity index (χ2v) is 8.30. The lowest BCUT2D eigenvalue weighted by Crippen LogP contribution is -2.35. The van der Waals surface area contributed by atoms with E-state index in [1.165, 1.54) is 0 Å². The molecule has 0 spiro atoms. The minimum absolute atomic E-state index is 0.106. The van der Waals surface area contributed by atoms with Crippen LogP contribution in [0.1, 0.15) is 19.4 Å². The minimum atomic E-state index is -3.60. The van der Waals surface area contributed by atoms with E-state index in [9.17, 15) is 13.2 Å². The van der Waals surface area contributed by atoms with Gasteiger partial charge in [0, 0.05) is 19.1 Å². The molecule has 0 radical (unpaired) electrons. The van der Waals surface area contributed by atoms with E-state index in [4.69, 9.17) is 28.3 Å². The lowest BCUT2D eigenvalue weighted by Gasteiger charge is -2.26. The smallest absolute Gasteiger partial charge is 0.318 e. The molecule has 0 aliphatic rings. The van der Waals surface area contributed by atoms with Crippen LogP contribution in [0.3, 0.4) is 0 Å². The maximum atomic E-state index is 11.7. The third-order valence-electron chi connectivity index (χ3n) is 3.13. The van der Waals surface area contributed by atoms with Gasteiger partial charge in [0.1, 0.15) is 5.75 Å². The summed E-state index contributed by atoms with van der Waals surface area (Å²) in [5.74, 6) is -2.37. The summed E-state index contributed by atoms with van der Waals surface area (Å²) in [6.07, 6.45) is 0. The molecule has 1 N–H and O–H groups in total. The number of benzene rings is 1. The zero-order valence-corrected chi connectivity index (χ0v) is 14.7. The van der Waals surface area contributed by atoms with Crippen molar-refractivity contribution in [2.75, 3.05) is 18.1 Å². The fourth-order valence-electron chi connectivity index (χ4n) is 1.91. The molecular formula is C14H19Cl2NO4S. The summed E-state index contributed by atoms with van der Waals surface area (Å²) < 4.78 is 23.3. The predicted octanol–water partition coefficient (Wildman–Crippen LogP) is 2.70. The Labute approximate surface area is 140 Å². The first-order chi connectivity index (χ1) is 10.1. The molecule has 8 heteroatoms. The molecule has 0 aliphatic heterocycles. The van der Waals surface area contributed by atoms with Crippen LogP contribution in [0.2, 0.25) is 10.0 Å². The topological polar surface area (TPSA) is 74.7 Å². The van der Waals surface area contributed by atoms with Crippen molar-refractivity contribution in [2.24, 2.45) is 0 Å². The number of rotatable bonds is 8. The zero-order valence-electron chi connectivity index (χ0n) is 12.4. The second kappa shape index (κ2) is 8.15. The molecule has 0 heterocycles. The Bertz CT molecular complexity index is 632. The third-order valence-corrected chi connectivity index (χ3v) is 5.36. The predicted molar refractivity (Wildman–Crippen MR) is 88.3 cm³/mol. The van der Waals surface area contributed by atoms with Crippen molar-refractivity contribution in [3.8, 4) is 0 Å². The molecular weight excluding hydrogens is 349 g/mol. The summed E-state index contributed by atoms with van der Waals surface area (Å²) in [6, 6.07) is 5.37. The highest BCUT2D eigenvalue weighted by atomic mass is 35.5. The van der Waals surface area contributed by atoms with E-state index >= 15 is 0 Å². The van der Waals surface area contributed by atoms with Crippen molar-refractivity contribution < 1.29 is 18.3 Å². The van der Waals surface area contributed by atoms with Gasteiger partial charge in [-0.25, -0.2) is 8.42 Å². The summed E-state index contributed by atoms with van der Waals surface area (Å²) in [6.45, 7) is 4.66. The van der Waals surface area contributed by atoms with Crippen LogP contribution in [0, 0.1) is 0 Å². The highest BCUT2D eigenvalue weighted by molar-refractivity contribution is 7.92. The fourth-order valence-corrected chi connectivity index (χ4v) is 3.26. The monoisotopic (exact) mass is 367 g/mol. The molecule has 0 fully saturated rings. The van der Waals surface area contributed by atoms with Gasteiger partial charge in [-0.2, -0.15) is 0 Å². The largest absolute Gasteiger partial charge is 0.480 e. The van der Waals surface area contributed by atoms with Crippen LogP contribution in [0.5, 0.6) is 0 Å². The highest BCUT2D eigenvalue weighted by Crippen LogP contribution is 2.23. The Kier molecular flexibility index (Phi) is 7.12. The first-order valence-electron chi connectivity index (χ1n) is 6.71. The van der Waals surface area contributed by atoms with Gasteiger partial charge in [0.25, 0.3) is 0 Å². The van der Waals surface area contributed by atoms with Crippen LogP contribution in [-0.4, -0.2) is 48.5 Å². The highest BCUT2D eigenvalue weighted by Gasteiger charge is 2.19. The SMILES string of the molecule is CC(C)N(CCS(=O)(=O)CC(=O)O)Cc1ccc(Cl)c(Cl)c1. The van der Waals surface area contributed by atoms with Crippen LogP contribution in [0.25, 0.3) is 0 Å². The quantitative estimate of drug-likeness (QED) is 0.764. The lowest BCUT2D eigenvalue weighted by molar-refractivity contribution is -0.134. The zero-order chi connectivity index (χ0) is 16.9. The van der Waals surface area contributed by atoms with Crippen LogP contribution in [0.4, 0.5) is 0 Å². The van der Waals surface area contributed by atoms with E-state index in [2.05, 4.69) is 0 Å². The number of carbonyl (C=O) groups is 1. The van der Waals surface area contributed by atoms with E-state index in [0.29, 0.717) is 16.6 Å². The van der Waals surface area contributed by atoms with Crippen LogP contribution >= 0.6 is 23.2 Å². The molecule has 22 heavy (non-hydrogen) atoms. The molecule has 1 rings (SSSR count). The fraction of sp³-hybridized carbons (Fsp3) is 0.500. The third kappa shape index (κ3) is 6.52. The number of sulfone groups is 1. The average molecular weight is 368 g/mol. The number of halogens is 2. The van der Waals surface area contributed by atoms with Crippen LogP contribution < -0.4 is 0 Å². The number of nitrogens with zero attached hydrogens (tertiary/aromatic N) is 1. The molecule has 0 saturated heterocycles. The van der Waals surface area contributed by atoms with Gasteiger partial charge in [-0.05, 0) is 31.5 Å². The Hall–Kier alpha value is -0.820. The van der Waals surface area contributed by atoms with E-state index < -0.39 is 21.6 Å². The van der Waals surface area contributed by atoms with Gasteiger partial charge in [-0.3, -0.25) is 9.69 Å². The van der Waals surface area contributed by atoms with Gasteiger partial charge in [-0.15, -0.1) is 0 Å². The standard InChI is InChI=1S/C14H19Cl2NO4S/c1-10(2)17(5-6-22(20,21)9-14(18)19)8-11-3-4-12(15)13(16)7-11/h3-4,7,10H,5-6,8-9H2,1-2H3,(H,18,19). The molecule has 0 saturated carbocycles. The van der Waals surface area contributed by atoms with Crippen molar-refractivity contribution in [3.05, 3.63) is 33.8 Å². The van der Waals surface area contributed by atoms with E-state index in [0.717, 1.165) is 5.56 Å². The first kappa shape index (κ1) is 19.2. The van der Waals surface area contributed by atoms with Crippen molar-refractivity contribution in [2.45, 2.75) is 26.4 Å². The second-order valence-electron chi connectivity index (χ2n) is 5.30. The molecule has 0 aromatic heterocycles. The van der Waals surface area contributed by atoms with Gasteiger partial charge in [0.2, 0.25) is 0 Å². The first-order valence-corrected chi connectivity index (χ1v) is 9.28. The summed E-state index contributed by atoms with van der Waals surface area (Å²) >= 11 is 11.8. The van der Waals surface area contributed by atoms with Crippen molar-refractivity contribution in [1.29, 1.82) is 0 Å². The molecule has 0 unspecified atom stereocenters. The lowest BCUT2D eigenvalue weighted by atomic mass is 10.2. The molecule has 5 nitrogen and oxygen atoms in total. The van der Waals surface area contributed by atoms with Crippen molar-refractivity contribution in [3.63, 3.8) is 0 Å². The van der Waals surface area contributed by atoms with Crippen LogP contribution in [0.15, 0.2) is 18.2 Å². The summed E-state index contributed by atoms with van der Waals surface area (Å²) in [4.78, 5) is 12.5. The molecule has 0 aliphatic carbocycles. The number of hydrogen-bond donors (Lipinski definition) is 1. The summed E-state index contributed by atoms with van der Waals surface area (Å²) in [7, 11) is -3.60. The summed E-state index contributed by atoms with van der Waals surface area (Å²) in [5, 5.41) is 9.50. The minimum Gasteiger partial charge on any atom is -0.480 e. The van der Waals surface area contributed by atoms with Crippen molar-refractivity contribution >= 4 is 39.0 Å². The Balaban J connectivity index is 2.74. The molecule has 124 valence electrons. The maximum absolute atomic E-state index is 11.7. The van der Waals surface area contributed by atoms with Gasteiger partial charge in [0.15, 0.2) is 9.84 Å².